The van der Waals surface area contributed by atoms with Gasteiger partial charge in [0, 0.05) is 20.3 Å². The molecule has 0 amide bonds. The van der Waals surface area contributed by atoms with Gasteiger partial charge in [-0.3, -0.25) is 0 Å². The van der Waals surface area contributed by atoms with Crippen LogP contribution in [0.3, 0.4) is 0 Å². The van der Waals surface area contributed by atoms with E-state index in [1.54, 1.807) is 18.9 Å². The minimum absolute atomic E-state index is 0.363. The van der Waals surface area contributed by atoms with Gasteiger partial charge in [0.25, 0.3) is 0 Å². The Kier molecular flexibility index (Phi) is 6.15. The average molecular weight is 366 g/mol. The van der Waals surface area contributed by atoms with Crippen LogP contribution in [0.5, 0.6) is 5.75 Å². The van der Waals surface area contributed by atoms with E-state index in [1.807, 2.05) is 18.2 Å². The van der Waals surface area contributed by atoms with Gasteiger partial charge in [0.15, 0.2) is 0 Å². The van der Waals surface area contributed by atoms with E-state index in [0.29, 0.717) is 6.04 Å². The number of methoxy groups -OCH3 is 1. The Bertz CT molecular complexity index is 603. The van der Waals surface area contributed by atoms with Crippen LogP contribution >= 0.6 is 27.7 Å². The Morgan fingerprint density at radius 2 is 2.05 bits per heavy atom. The van der Waals surface area contributed by atoms with E-state index < -0.39 is 0 Å². The molecule has 1 unspecified atom stereocenters. The molecule has 112 valence electrons. The first-order chi connectivity index (χ1) is 10.1. The molecule has 0 fully saturated rings. The maximum atomic E-state index is 5.27. The van der Waals surface area contributed by atoms with Crippen molar-refractivity contribution in [2.24, 2.45) is 0 Å². The van der Waals surface area contributed by atoms with Crippen LogP contribution in [0.4, 0.5) is 0 Å². The van der Waals surface area contributed by atoms with Gasteiger partial charge >= 0.3 is 0 Å². The van der Waals surface area contributed by atoms with Crippen LogP contribution in [0.15, 0.2) is 56.7 Å². The summed E-state index contributed by atoms with van der Waals surface area (Å²) in [7, 11) is 1.69. The average Bonchev–Trinajstić information content (AvgIpc) is 2.49. The van der Waals surface area contributed by atoms with Gasteiger partial charge in [-0.2, -0.15) is 0 Å². The van der Waals surface area contributed by atoms with Crippen molar-refractivity contribution in [2.75, 3.05) is 13.7 Å². The lowest BCUT2D eigenvalue weighted by molar-refractivity contribution is 0.413. The minimum atomic E-state index is 0.363. The minimum Gasteiger partial charge on any atom is -0.497 e. The third kappa shape index (κ3) is 4.50. The van der Waals surface area contributed by atoms with Gasteiger partial charge in [-0.05, 0) is 65.3 Å². The second-order valence-electron chi connectivity index (χ2n) is 4.75. The zero-order chi connectivity index (χ0) is 15.2. The molecule has 4 heteroatoms. The van der Waals surface area contributed by atoms with Crippen molar-refractivity contribution in [3.63, 3.8) is 0 Å². The van der Waals surface area contributed by atoms with E-state index in [2.05, 4.69) is 59.4 Å². The predicted molar refractivity (Wildman–Crippen MR) is 93.4 cm³/mol. The van der Waals surface area contributed by atoms with Gasteiger partial charge in [-0.15, -0.1) is 0 Å². The van der Waals surface area contributed by atoms with Gasteiger partial charge < -0.3 is 10.1 Å². The third-order valence-corrected chi connectivity index (χ3v) is 5.22. The molecule has 0 saturated heterocycles. The molecule has 0 bridgehead atoms. The fraction of sp³-hybridized carbons (Fsp3) is 0.294. The van der Waals surface area contributed by atoms with E-state index in [-0.39, 0.29) is 0 Å². The van der Waals surface area contributed by atoms with Crippen molar-refractivity contribution in [1.82, 2.24) is 5.32 Å². The highest BCUT2D eigenvalue weighted by Gasteiger charge is 2.08. The standard InChI is InChI=1S/C17H20BrNOS/c1-4-19-12(2)13-8-9-17(16(18)10-13)21-15-7-5-6-14(11-15)20-3/h5-12,19H,4H2,1-3H3. The van der Waals surface area contributed by atoms with Crippen molar-refractivity contribution >= 4 is 27.7 Å². The molecule has 0 aliphatic heterocycles. The first-order valence-corrected chi connectivity index (χ1v) is 8.59. The summed E-state index contributed by atoms with van der Waals surface area (Å²) >= 11 is 5.41. The Morgan fingerprint density at radius 1 is 1.24 bits per heavy atom. The summed E-state index contributed by atoms with van der Waals surface area (Å²) in [6.07, 6.45) is 0. The van der Waals surface area contributed by atoms with Crippen LogP contribution < -0.4 is 10.1 Å². The Hall–Kier alpha value is -0.970. The zero-order valence-corrected chi connectivity index (χ0v) is 14.9. The van der Waals surface area contributed by atoms with Crippen LogP contribution in [0.1, 0.15) is 25.5 Å². The van der Waals surface area contributed by atoms with Crippen molar-refractivity contribution in [2.45, 2.75) is 29.7 Å². The lowest BCUT2D eigenvalue weighted by Crippen LogP contribution is -2.17. The maximum absolute atomic E-state index is 5.27. The van der Waals surface area contributed by atoms with E-state index in [9.17, 15) is 0 Å². The molecular formula is C17H20BrNOS. The van der Waals surface area contributed by atoms with Crippen LogP contribution in [0, 0.1) is 0 Å². The summed E-state index contributed by atoms with van der Waals surface area (Å²) in [6, 6.07) is 15.0. The molecule has 2 rings (SSSR count). The molecule has 0 saturated carbocycles. The quantitative estimate of drug-likeness (QED) is 0.752. The number of hydrogen-bond donors (Lipinski definition) is 1. The molecule has 1 N–H and O–H groups in total. The summed E-state index contributed by atoms with van der Waals surface area (Å²) < 4.78 is 6.39. The molecule has 2 nitrogen and oxygen atoms in total. The molecule has 21 heavy (non-hydrogen) atoms. The Labute approximate surface area is 139 Å². The van der Waals surface area contributed by atoms with E-state index >= 15 is 0 Å². The number of halogens is 1. The molecule has 2 aromatic carbocycles. The summed E-state index contributed by atoms with van der Waals surface area (Å²) in [5, 5.41) is 3.43. The molecule has 2 aromatic rings. The normalized spacial score (nSPS) is 12.2. The summed E-state index contributed by atoms with van der Waals surface area (Å²) in [5.74, 6) is 0.883. The summed E-state index contributed by atoms with van der Waals surface area (Å²) in [4.78, 5) is 2.37. The molecule has 0 aliphatic carbocycles. The molecule has 0 spiro atoms. The summed E-state index contributed by atoms with van der Waals surface area (Å²) in [5.41, 5.74) is 1.29. The number of nitrogens with one attached hydrogen (secondary N) is 1. The smallest absolute Gasteiger partial charge is 0.119 e. The molecular weight excluding hydrogens is 346 g/mol. The lowest BCUT2D eigenvalue weighted by atomic mass is 10.1. The number of benzene rings is 2. The topological polar surface area (TPSA) is 21.3 Å². The van der Waals surface area contributed by atoms with E-state index in [1.165, 1.54) is 15.4 Å². The molecule has 1 atom stereocenters. The van der Waals surface area contributed by atoms with E-state index in [4.69, 9.17) is 4.74 Å². The van der Waals surface area contributed by atoms with Crippen molar-refractivity contribution in [1.29, 1.82) is 0 Å². The van der Waals surface area contributed by atoms with Crippen LogP contribution in [0.25, 0.3) is 0 Å². The van der Waals surface area contributed by atoms with Crippen molar-refractivity contribution in [3.8, 4) is 5.75 Å². The van der Waals surface area contributed by atoms with Gasteiger partial charge in [-0.25, -0.2) is 0 Å². The van der Waals surface area contributed by atoms with Crippen LogP contribution in [0.2, 0.25) is 0 Å². The fourth-order valence-electron chi connectivity index (χ4n) is 2.08. The highest BCUT2D eigenvalue weighted by molar-refractivity contribution is 9.10. The fourth-order valence-corrected chi connectivity index (χ4v) is 3.59. The Balaban J connectivity index is 2.17. The van der Waals surface area contributed by atoms with Crippen LogP contribution in [-0.2, 0) is 0 Å². The number of rotatable bonds is 6. The summed E-state index contributed by atoms with van der Waals surface area (Å²) in [6.45, 7) is 5.28. The largest absolute Gasteiger partial charge is 0.497 e. The first kappa shape index (κ1) is 16.4. The predicted octanol–water partition coefficient (Wildman–Crippen LogP) is 5.28. The maximum Gasteiger partial charge on any atom is 0.119 e. The SMILES string of the molecule is CCNC(C)c1ccc(Sc2cccc(OC)c2)c(Br)c1. The molecule has 0 heterocycles. The van der Waals surface area contributed by atoms with Gasteiger partial charge in [0.1, 0.15) is 5.75 Å². The van der Waals surface area contributed by atoms with Crippen molar-refractivity contribution in [3.05, 3.63) is 52.5 Å². The van der Waals surface area contributed by atoms with Gasteiger partial charge in [-0.1, -0.05) is 30.8 Å². The molecule has 0 radical (unpaired) electrons. The van der Waals surface area contributed by atoms with E-state index in [0.717, 1.165) is 16.8 Å². The van der Waals surface area contributed by atoms with Crippen molar-refractivity contribution < 1.29 is 4.74 Å². The highest BCUT2D eigenvalue weighted by Crippen LogP contribution is 2.36. The second kappa shape index (κ2) is 7.87. The zero-order valence-electron chi connectivity index (χ0n) is 12.5. The highest BCUT2D eigenvalue weighted by atomic mass is 79.9. The monoisotopic (exact) mass is 365 g/mol. The molecule has 0 aromatic heterocycles. The number of ether oxygens (including phenoxy) is 1. The lowest BCUT2D eigenvalue weighted by Gasteiger charge is -2.14. The van der Waals surface area contributed by atoms with Gasteiger partial charge in [0.2, 0.25) is 0 Å². The third-order valence-electron chi connectivity index (χ3n) is 3.24. The Morgan fingerprint density at radius 3 is 2.71 bits per heavy atom. The van der Waals surface area contributed by atoms with Crippen LogP contribution in [-0.4, -0.2) is 13.7 Å². The number of hydrogen-bond acceptors (Lipinski definition) is 3. The second-order valence-corrected chi connectivity index (χ2v) is 6.72. The first-order valence-electron chi connectivity index (χ1n) is 6.98. The van der Waals surface area contributed by atoms with Gasteiger partial charge in [0.05, 0.1) is 7.11 Å². The molecule has 0 aliphatic rings.